The summed E-state index contributed by atoms with van der Waals surface area (Å²) in [6, 6.07) is 8.93. The Hall–Kier alpha value is -0.570. The average molecular weight is 268 g/mol. The van der Waals surface area contributed by atoms with Crippen molar-refractivity contribution in [2.75, 3.05) is 5.88 Å². The number of hydrogen-bond donors (Lipinski definition) is 1. The minimum absolute atomic E-state index is 0.385. The summed E-state index contributed by atoms with van der Waals surface area (Å²) in [6.07, 6.45) is 0. The molecule has 2 rings (SSSR count). The SMILES string of the molecule is CC(C)C(CCl)NCc1csc2ccccc12. The van der Waals surface area contributed by atoms with Crippen LogP contribution in [0, 0.1) is 5.92 Å². The van der Waals surface area contributed by atoms with Gasteiger partial charge in [0, 0.05) is 23.2 Å². The lowest BCUT2D eigenvalue weighted by molar-refractivity contribution is 0.431. The average Bonchev–Trinajstić information content (AvgIpc) is 2.73. The molecule has 0 bridgehead atoms. The molecule has 1 nitrogen and oxygen atoms in total. The molecule has 92 valence electrons. The van der Waals surface area contributed by atoms with Gasteiger partial charge in [0.15, 0.2) is 0 Å². The predicted molar refractivity (Wildman–Crippen MR) is 78.0 cm³/mol. The first-order valence-corrected chi connectivity index (χ1v) is 7.38. The van der Waals surface area contributed by atoms with Crippen molar-refractivity contribution in [3.63, 3.8) is 0 Å². The first kappa shape index (κ1) is 12.9. The van der Waals surface area contributed by atoms with Crippen molar-refractivity contribution >= 4 is 33.0 Å². The largest absolute Gasteiger partial charge is 0.308 e. The molecule has 1 unspecified atom stereocenters. The Labute approximate surface area is 112 Å². The van der Waals surface area contributed by atoms with Crippen LogP contribution in [-0.4, -0.2) is 11.9 Å². The van der Waals surface area contributed by atoms with Crippen molar-refractivity contribution in [3.05, 3.63) is 35.2 Å². The van der Waals surface area contributed by atoms with Gasteiger partial charge in [-0.15, -0.1) is 22.9 Å². The molecule has 1 aromatic carbocycles. The van der Waals surface area contributed by atoms with Gasteiger partial charge in [0.1, 0.15) is 0 Å². The maximum atomic E-state index is 5.96. The number of hydrogen-bond acceptors (Lipinski definition) is 2. The number of halogens is 1. The van der Waals surface area contributed by atoms with Crippen LogP contribution in [0.2, 0.25) is 0 Å². The zero-order chi connectivity index (χ0) is 12.3. The van der Waals surface area contributed by atoms with Crippen LogP contribution in [0.25, 0.3) is 10.1 Å². The molecule has 3 heteroatoms. The molecule has 0 aliphatic carbocycles. The Bertz CT molecular complexity index is 478. The lowest BCUT2D eigenvalue weighted by atomic mass is 10.1. The first-order chi connectivity index (χ1) is 8.22. The van der Waals surface area contributed by atoms with Gasteiger partial charge in [-0.05, 0) is 28.3 Å². The lowest BCUT2D eigenvalue weighted by Crippen LogP contribution is -2.34. The maximum Gasteiger partial charge on any atom is 0.0380 e. The van der Waals surface area contributed by atoms with Crippen molar-refractivity contribution in [1.82, 2.24) is 5.32 Å². The van der Waals surface area contributed by atoms with Crippen molar-refractivity contribution in [1.29, 1.82) is 0 Å². The van der Waals surface area contributed by atoms with Gasteiger partial charge in [0.2, 0.25) is 0 Å². The second-order valence-corrected chi connectivity index (χ2v) is 5.86. The molecule has 1 N–H and O–H groups in total. The van der Waals surface area contributed by atoms with Crippen LogP contribution < -0.4 is 5.32 Å². The molecule has 0 aliphatic heterocycles. The fraction of sp³-hybridized carbons (Fsp3) is 0.429. The van der Waals surface area contributed by atoms with Gasteiger partial charge >= 0.3 is 0 Å². The summed E-state index contributed by atoms with van der Waals surface area (Å²) in [7, 11) is 0. The highest BCUT2D eigenvalue weighted by Gasteiger charge is 2.12. The molecule has 2 aromatic rings. The summed E-state index contributed by atoms with van der Waals surface area (Å²) in [4.78, 5) is 0. The Balaban J connectivity index is 2.08. The smallest absolute Gasteiger partial charge is 0.0380 e. The summed E-state index contributed by atoms with van der Waals surface area (Å²) in [5.41, 5.74) is 1.38. The van der Waals surface area contributed by atoms with Crippen molar-refractivity contribution in [3.8, 4) is 0 Å². The third kappa shape index (κ3) is 3.01. The standard InChI is InChI=1S/C14H18ClNS/c1-10(2)13(7-15)16-8-11-9-17-14-6-4-3-5-12(11)14/h3-6,9-10,13,16H,7-8H2,1-2H3. The number of thiophene rings is 1. The minimum atomic E-state index is 0.385. The first-order valence-electron chi connectivity index (χ1n) is 5.97. The molecule has 0 saturated carbocycles. The van der Waals surface area contributed by atoms with Crippen LogP contribution >= 0.6 is 22.9 Å². The van der Waals surface area contributed by atoms with E-state index in [4.69, 9.17) is 11.6 Å². The van der Waals surface area contributed by atoms with Crippen LogP contribution in [0.4, 0.5) is 0 Å². The molecule has 0 radical (unpaired) electrons. The van der Waals surface area contributed by atoms with Gasteiger partial charge in [0.25, 0.3) is 0 Å². The van der Waals surface area contributed by atoms with E-state index >= 15 is 0 Å². The number of alkyl halides is 1. The number of rotatable bonds is 5. The molecule has 1 heterocycles. The molecule has 17 heavy (non-hydrogen) atoms. The summed E-state index contributed by atoms with van der Waals surface area (Å²) in [6.45, 7) is 5.30. The summed E-state index contributed by atoms with van der Waals surface area (Å²) in [5.74, 6) is 1.23. The molecule has 0 fully saturated rings. The topological polar surface area (TPSA) is 12.0 Å². The monoisotopic (exact) mass is 267 g/mol. The molecule has 1 aromatic heterocycles. The van der Waals surface area contributed by atoms with E-state index in [2.05, 4.69) is 48.8 Å². The highest BCUT2D eigenvalue weighted by atomic mass is 35.5. The summed E-state index contributed by atoms with van der Waals surface area (Å²) in [5, 5.41) is 7.14. The Kier molecular flexibility index (Phi) is 4.43. The third-order valence-electron chi connectivity index (χ3n) is 3.09. The molecule has 1 atom stereocenters. The van der Waals surface area contributed by atoms with E-state index in [0.717, 1.165) is 6.54 Å². The molecule has 0 spiro atoms. The lowest BCUT2D eigenvalue weighted by Gasteiger charge is -2.19. The van der Waals surface area contributed by atoms with Crippen LogP contribution in [0.1, 0.15) is 19.4 Å². The fourth-order valence-electron chi connectivity index (χ4n) is 1.88. The van der Waals surface area contributed by atoms with Crippen molar-refractivity contribution in [2.24, 2.45) is 5.92 Å². The van der Waals surface area contributed by atoms with E-state index in [1.165, 1.54) is 15.6 Å². The molecular weight excluding hydrogens is 250 g/mol. The number of fused-ring (bicyclic) bond motifs is 1. The summed E-state index contributed by atoms with van der Waals surface area (Å²) < 4.78 is 1.36. The zero-order valence-electron chi connectivity index (χ0n) is 10.2. The van der Waals surface area contributed by atoms with Gasteiger partial charge in [-0.1, -0.05) is 32.0 Å². The van der Waals surface area contributed by atoms with E-state index in [0.29, 0.717) is 17.8 Å². The Morgan fingerprint density at radius 3 is 2.76 bits per heavy atom. The van der Waals surface area contributed by atoms with Gasteiger partial charge in [-0.3, -0.25) is 0 Å². The predicted octanol–water partition coefficient (Wildman–Crippen LogP) is 4.25. The second-order valence-electron chi connectivity index (χ2n) is 4.64. The van der Waals surface area contributed by atoms with E-state index in [9.17, 15) is 0 Å². The minimum Gasteiger partial charge on any atom is -0.308 e. The van der Waals surface area contributed by atoms with E-state index in [1.54, 1.807) is 0 Å². The number of benzene rings is 1. The van der Waals surface area contributed by atoms with Crippen LogP contribution in [-0.2, 0) is 6.54 Å². The van der Waals surface area contributed by atoms with E-state index in [-0.39, 0.29) is 0 Å². The highest BCUT2D eigenvalue weighted by molar-refractivity contribution is 7.17. The van der Waals surface area contributed by atoms with E-state index < -0.39 is 0 Å². The Morgan fingerprint density at radius 1 is 1.29 bits per heavy atom. The molecular formula is C14H18ClNS. The van der Waals surface area contributed by atoms with Crippen LogP contribution in [0.15, 0.2) is 29.6 Å². The van der Waals surface area contributed by atoms with Gasteiger partial charge < -0.3 is 5.32 Å². The Morgan fingerprint density at radius 2 is 2.06 bits per heavy atom. The van der Waals surface area contributed by atoms with Crippen LogP contribution in [0.5, 0.6) is 0 Å². The summed E-state index contributed by atoms with van der Waals surface area (Å²) >= 11 is 7.77. The fourth-order valence-corrected chi connectivity index (χ4v) is 3.31. The highest BCUT2D eigenvalue weighted by Crippen LogP contribution is 2.25. The van der Waals surface area contributed by atoms with Crippen LogP contribution in [0.3, 0.4) is 0 Å². The zero-order valence-corrected chi connectivity index (χ0v) is 11.8. The molecule has 0 amide bonds. The van der Waals surface area contributed by atoms with Crippen molar-refractivity contribution < 1.29 is 0 Å². The van der Waals surface area contributed by atoms with E-state index in [1.807, 2.05) is 11.3 Å². The second kappa shape index (κ2) is 5.85. The normalized spacial score (nSPS) is 13.4. The van der Waals surface area contributed by atoms with Crippen molar-refractivity contribution in [2.45, 2.75) is 26.4 Å². The van der Waals surface area contributed by atoms with Gasteiger partial charge in [-0.2, -0.15) is 0 Å². The van der Waals surface area contributed by atoms with Gasteiger partial charge in [0.05, 0.1) is 0 Å². The third-order valence-corrected chi connectivity index (χ3v) is 4.43. The maximum absolute atomic E-state index is 5.96. The number of nitrogens with one attached hydrogen (secondary N) is 1. The molecule has 0 aliphatic rings. The molecule has 0 saturated heterocycles. The van der Waals surface area contributed by atoms with Gasteiger partial charge in [-0.25, -0.2) is 0 Å². The quantitative estimate of drug-likeness (QED) is 0.799.